The summed E-state index contributed by atoms with van der Waals surface area (Å²) in [4.78, 5) is 10.2. The fraction of sp³-hybridized carbons (Fsp3) is 0.467. The van der Waals surface area contributed by atoms with Crippen molar-refractivity contribution in [1.82, 2.24) is 15.3 Å². The lowest BCUT2D eigenvalue weighted by molar-refractivity contribution is 0.554. The highest BCUT2D eigenvalue weighted by Crippen LogP contribution is 2.26. The van der Waals surface area contributed by atoms with Gasteiger partial charge in [0, 0.05) is 23.8 Å². The number of aryl methyl sites for hydroxylation is 2. The Labute approximate surface area is 119 Å². The summed E-state index contributed by atoms with van der Waals surface area (Å²) in [6.07, 6.45) is 3.86. The molecule has 2 rings (SSSR count). The van der Waals surface area contributed by atoms with E-state index >= 15 is 0 Å². The monoisotopic (exact) mass is 275 g/mol. The van der Waals surface area contributed by atoms with Gasteiger partial charge in [-0.05, 0) is 37.4 Å². The van der Waals surface area contributed by atoms with E-state index in [-0.39, 0.29) is 0 Å². The van der Waals surface area contributed by atoms with Gasteiger partial charge >= 0.3 is 0 Å². The molecule has 19 heavy (non-hydrogen) atoms. The molecule has 0 bridgehead atoms. The number of nitrogens with one attached hydrogen (secondary N) is 1. The minimum atomic E-state index is 0.674. The predicted octanol–water partition coefficient (Wildman–Crippen LogP) is 3.57. The van der Waals surface area contributed by atoms with Crippen molar-refractivity contribution < 1.29 is 0 Å². The van der Waals surface area contributed by atoms with E-state index in [2.05, 4.69) is 49.0 Å². The summed E-state index contributed by atoms with van der Waals surface area (Å²) >= 11 is 1.72. The molecule has 4 heteroatoms. The SMILES string of the molecule is Cc1cnc(-c2ncc(CNCC(C)C)s2)c(C)c1. The Morgan fingerprint density at radius 1 is 1.21 bits per heavy atom. The molecule has 0 fully saturated rings. The highest BCUT2D eigenvalue weighted by atomic mass is 32.1. The summed E-state index contributed by atoms with van der Waals surface area (Å²) in [5.41, 5.74) is 3.39. The molecule has 0 atom stereocenters. The van der Waals surface area contributed by atoms with Crippen molar-refractivity contribution in [2.45, 2.75) is 34.2 Å². The van der Waals surface area contributed by atoms with Crippen LogP contribution in [0.15, 0.2) is 18.5 Å². The van der Waals surface area contributed by atoms with E-state index in [0.717, 1.165) is 23.8 Å². The number of rotatable bonds is 5. The maximum Gasteiger partial charge on any atom is 0.142 e. The van der Waals surface area contributed by atoms with E-state index in [1.54, 1.807) is 11.3 Å². The fourth-order valence-electron chi connectivity index (χ4n) is 1.92. The van der Waals surface area contributed by atoms with Crippen LogP contribution in [0.25, 0.3) is 10.7 Å². The molecule has 3 nitrogen and oxygen atoms in total. The molecule has 102 valence electrons. The molecule has 0 unspecified atom stereocenters. The third-order valence-corrected chi connectivity index (χ3v) is 3.83. The molecule has 2 aromatic rings. The Bertz CT molecular complexity index is 546. The van der Waals surface area contributed by atoms with Crippen LogP contribution in [0.1, 0.15) is 29.9 Å². The van der Waals surface area contributed by atoms with Crippen LogP contribution in [-0.2, 0) is 6.54 Å². The van der Waals surface area contributed by atoms with Gasteiger partial charge in [-0.3, -0.25) is 4.98 Å². The van der Waals surface area contributed by atoms with Crippen molar-refractivity contribution >= 4 is 11.3 Å². The van der Waals surface area contributed by atoms with Crippen LogP contribution < -0.4 is 5.32 Å². The molecule has 1 N–H and O–H groups in total. The molecule has 0 radical (unpaired) electrons. The Morgan fingerprint density at radius 3 is 2.68 bits per heavy atom. The van der Waals surface area contributed by atoms with Crippen molar-refractivity contribution in [3.8, 4) is 10.7 Å². The first-order valence-electron chi connectivity index (χ1n) is 6.65. The zero-order valence-electron chi connectivity index (χ0n) is 12.0. The van der Waals surface area contributed by atoms with Crippen LogP contribution in [0, 0.1) is 19.8 Å². The van der Waals surface area contributed by atoms with E-state index in [0.29, 0.717) is 5.92 Å². The van der Waals surface area contributed by atoms with Crippen LogP contribution in [0.3, 0.4) is 0 Å². The molecule has 0 saturated carbocycles. The first-order valence-corrected chi connectivity index (χ1v) is 7.47. The lowest BCUT2D eigenvalue weighted by Gasteiger charge is -2.05. The van der Waals surface area contributed by atoms with Gasteiger partial charge in [-0.25, -0.2) is 4.98 Å². The molecular weight excluding hydrogens is 254 g/mol. The third kappa shape index (κ3) is 3.85. The van der Waals surface area contributed by atoms with Gasteiger partial charge in [0.05, 0.1) is 0 Å². The van der Waals surface area contributed by atoms with E-state index < -0.39 is 0 Å². The molecule has 0 amide bonds. The van der Waals surface area contributed by atoms with Gasteiger partial charge in [0.25, 0.3) is 0 Å². The van der Waals surface area contributed by atoms with Gasteiger partial charge in [-0.1, -0.05) is 19.9 Å². The van der Waals surface area contributed by atoms with Gasteiger partial charge in [-0.2, -0.15) is 0 Å². The number of hydrogen-bond donors (Lipinski definition) is 1. The highest BCUT2D eigenvalue weighted by molar-refractivity contribution is 7.15. The second-order valence-corrected chi connectivity index (χ2v) is 6.45. The third-order valence-electron chi connectivity index (χ3n) is 2.82. The van der Waals surface area contributed by atoms with E-state index in [1.165, 1.54) is 16.0 Å². The Morgan fingerprint density at radius 2 is 2.00 bits per heavy atom. The van der Waals surface area contributed by atoms with Crippen molar-refractivity contribution in [3.63, 3.8) is 0 Å². The summed E-state index contributed by atoms with van der Waals surface area (Å²) in [6, 6.07) is 2.15. The summed E-state index contributed by atoms with van der Waals surface area (Å²) in [6.45, 7) is 10.5. The van der Waals surface area contributed by atoms with Crippen LogP contribution in [-0.4, -0.2) is 16.5 Å². The maximum absolute atomic E-state index is 4.50. The van der Waals surface area contributed by atoms with Crippen molar-refractivity contribution in [2.75, 3.05) is 6.54 Å². The Kier molecular flexibility index (Phi) is 4.66. The van der Waals surface area contributed by atoms with Crippen molar-refractivity contribution in [3.05, 3.63) is 34.5 Å². The normalized spacial score (nSPS) is 11.2. The molecule has 0 aliphatic rings. The standard InChI is InChI=1S/C15H21N3S/c1-10(2)6-16-8-13-9-18-15(19-13)14-12(4)5-11(3)7-17-14/h5,7,9-10,16H,6,8H2,1-4H3. The minimum absolute atomic E-state index is 0.674. The molecule has 0 aromatic carbocycles. The number of aromatic nitrogens is 2. The molecule has 0 aliphatic heterocycles. The van der Waals surface area contributed by atoms with Crippen molar-refractivity contribution in [2.24, 2.45) is 5.92 Å². The van der Waals surface area contributed by atoms with Crippen LogP contribution >= 0.6 is 11.3 Å². The quantitative estimate of drug-likeness (QED) is 0.906. The summed E-state index contributed by atoms with van der Waals surface area (Å²) in [7, 11) is 0. The summed E-state index contributed by atoms with van der Waals surface area (Å²) in [5, 5.41) is 4.45. The highest BCUT2D eigenvalue weighted by Gasteiger charge is 2.09. The zero-order chi connectivity index (χ0) is 13.8. The molecule has 2 heterocycles. The van der Waals surface area contributed by atoms with Crippen LogP contribution in [0.4, 0.5) is 0 Å². The lowest BCUT2D eigenvalue weighted by atomic mass is 10.2. The van der Waals surface area contributed by atoms with E-state index in [1.807, 2.05) is 12.4 Å². The van der Waals surface area contributed by atoms with E-state index in [9.17, 15) is 0 Å². The number of hydrogen-bond acceptors (Lipinski definition) is 4. The van der Waals surface area contributed by atoms with E-state index in [4.69, 9.17) is 0 Å². The topological polar surface area (TPSA) is 37.8 Å². The van der Waals surface area contributed by atoms with Crippen LogP contribution in [0.2, 0.25) is 0 Å². The lowest BCUT2D eigenvalue weighted by Crippen LogP contribution is -2.18. The van der Waals surface area contributed by atoms with Gasteiger partial charge in [0.1, 0.15) is 10.7 Å². The molecule has 0 spiro atoms. The van der Waals surface area contributed by atoms with Gasteiger partial charge in [-0.15, -0.1) is 11.3 Å². The first kappa shape index (κ1) is 14.2. The zero-order valence-corrected chi connectivity index (χ0v) is 12.8. The summed E-state index contributed by atoms with van der Waals surface area (Å²) < 4.78 is 0. The Balaban J connectivity index is 2.08. The van der Waals surface area contributed by atoms with Crippen LogP contribution in [0.5, 0.6) is 0 Å². The number of thiazole rings is 1. The molecule has 0 saturated heterocycles. The molecular formula is C15H21N3S. The maximum atomic E-state index is 4.50. The average molecular weight is 275 g/mol. The predicted molar refractivity (Wildman–Crippen MR) is 81.4 cm³/mol. The van der Waals surface area contributed by atoms with Gasteiger partial charge in [0.2, 0.25) is 0 Å². The first-order chi connectivity index (χ1) is 9.06. The Hall–Kier alpha value is -1.26. The number of pyridine rings is 1. The second-order valence-electron chi connectivity index (χ2n) is 5.33. The minimum Gasteiger partial charge on any atom is -0.312 e. The number of nitrogens with zero attached hydrogens (tertiary/aromatic N) is 2. The van der Waals surface area contributed by atoms with Gasteiger partial charge < -0.3 is 5.32 Å². The largest absolute Gasteiger partial charge is 0.312 e. The van der Waals surface area contributed by atoms with Gasteiger partial charge in [0.15, 0.2) is 0 Å². The summed E-state index contributed by atoms with van der Waals surface area (Å²) in [5.74, 6) is 0.674. The fourth-order valence-corrected chi connectivity index (χ4v) is 2.87. The molecule has 0 aliphatic carbocycles. The smallest absolute Gasteiger partial charge is 0.142 e. The molecule has 2 aromatic heterocycles. The van der Waals surface area contributed by atoms with Crippen molar-refractivity contribution in [1.29, 1.82) is 0 Å². The second kappa shape index (κ2) is 6.26. The average Bonchev–Trinajstić information content (AvgIpc) is 2.77.